The average molecular weight is 242 g/mol. The van der Waals surface area contributed by atoms with Gasteiger partial charge in [0.15, 0.2) is 5.15 Å². The van der Waals surface area contributed by atoms with Crippen LogP contribution in [0.4, 0.5) is 0 Å². The van der Waals surface area contributed by atoms with E-state index in [1.807, 2.05) is 30.3 Å². The summed E-state index contributed by atoms with van der Waals surface area (Å²) < 4.78 is 0. The van der Waals surface area contributed by atoms with E-state index in [9.17, 15) is 0 Å². The molecule has 1 aromatic carbocycles. The Labute approximate surface area is 103 Å². The SMILES string of the molecule is Clc1cc(-c2ccc3cccnc3c2)cnn1. The van der Waals surface area contributed by atoms with Crippen molar-refractivity contribution < 1.29 is 0 Å². The molecule has 0 aliphatic carbocycles. The minimum atomic E-state index is 0.392. The molecule has 0 aliphatic heterocycles. The lowest BCUT2D eigenvalue weighted by Crippen LogP contribution is -1.85. The molecule has 17 heavy (non-hydrogen) atoms. The van der Waals surface area contributed by atoms with Crippen LogP contribution in [0.3, 0.4) is 0 Å². The molecular formula is C13H8ClN3. The van der Waals surface area contributed by atoms with Crippen molar-refractivity contribution in [2.45, 2.75) is 0 Å². The first kappa shape index (κ1) is 10.2. The molecule has 3 rings (SSSR count). The van der Waals surface area contributed by atoms with Gasteiger partial charge in [0.25, 0.3) is 0 Å². The molecule has 0 radical (unpaired) electrons. The molecule has 0 saturated heterocycles. The van der Waals surface area contributed by atoms with Crippen LogP contribution >= 0.6 is 11.6 Å². The molecule has 3 aromatic rings. The Morgan fingerprint density at radius 2 is 1.94 bits per heavy atom. The van der Waals surface area contributed by atoms with Crippen molar-refractivity contribution in [1.82, 2.24) is 15.2 Å². The van der Waals surface area contributed by atoms with Crippen LogP contribution in [-0.2, 0) is 0 Å². The van der Waals surface area contributed by atoms with Gasteiger partial charge in [-0.05, 0) is 23.8 Å². The maximum atomic E-state index is 5.82. The number of fused-ring (bicyclic) bond motifs is 1. The zero-order valence-electron chi connectivity index (χ0n) is 8.84. The second-order valence-electron chi connectivity index (χ2n) is 3.68. The van der Waals surface area contributed by atoms with Gasteiger partial charge in [0.2, 0.25) is 0 Å². The molecule has 0 saturated carbocycles. The van der Waals surface area contributed by atoms with E-state index in [1.165, 1.54) is 0 Å². The minimum Gasteiger partial charge on any atom is -0.256 e. The number of benzene rings is 1. The van der Waals surface area contributed by atoms with Crippen LogP contribution in [0.1, 0.15) is 0 Å². The zero-order valence-corrected chi connectivity index (χ0v) is 9.59. The van der Waals surface area contributed by atoms with Crippen molar-refractivity contribution in [3.05, 3.63) is 53.9 Å². The van der Waals surface area contributed by atoms with Gasteiger partial charge in [0, 0.05) is 17.1 Å². The summed E-state index contributed by atoms with van der Waals surface area (Å²) in [7, 11) is 0. The number of rotatable bonds is 1. The van der Waals surface area contributed by atoms with Crippen LogP contribution in [0, 0.1) is 0 Å². The van der Waals surface area contributed by atoms with Gasteiger partial charge in [0.05, 0.1) is 11.7 Å². The Morgan fingerprint density at radius 1 is 1.00 bits per heavy atom. The van der Waals surface area contributed by atoms with E-state index in [-0.39, 0.29) is 0 Å². The van der Waals surface area contributed by atoms with Gasteiger partial charge >= 0.3 is 0 Å². The summed E-state index contributed by atoms with van der Waals surface area (Å²) in [6.07, 6.45) is 3.47. The average Bonchev–Trinajstić information content (AvgIpc) is 2.38. The highest BCUT2D eigenvalue weighted by Crippen LogP contribution is 2.23. The lowest BCUT2D eigenvalue weighted by molar-refractivity contribution is 1.03. The molecule has 2 aromatic heterocycles. The Balaban J connectivity index is 2.18. The summed E-state index contributed by atoms with van der Waals surface area (Å²) in [6, 6.07) is 11.8. The number of aromatic nitrogens is 3. The lowest BCUT2D eigenvalue weighted by atomic mass is 10.1. The van der Waals surface area contributed by atoms with Crippen molar-refractivity contribution in [2.24, 2.45) is 0 Å². The number of nitrogens with zero attached hydrogens (tertiary/aromatic N) is 3. The van der Waals surface area contributed by atoms with E-state index in [0.29, 0.717) is 5.15 Å². The number of hydrogen-bond acceptors (Lipinski definition) is 3. The monoisotopic (exact) mass is 241 g/mol. The third-order valence-corrected chi connectivity index (χ3v) is 2.75. The van der Waals surface area contributed by atoms with Crippen LogP contribution in [-0.4, -0.2) is 15.2 Å². The molecule has 0 atom stereocenters. The highest BCUT2D eigenvalue weighted by atomic mass is 35.5. The minimum absolute atomic E-state index is 0.392. The summed E-state index contributed by atoms with van der Waals surface area (Å²) >= 11 is 5.82. The first-order valence-electron chi connectivity index (χ1n) is 5.16. The summed E-state index contributed by atoms with van der Waals surface area (Å²) in [6.45, 7) is 0. The molecule has 0 amide bonds. The molecule has 2 heterocycles. The lowest BCUT2D eigenvalue weighted by Gasteiger charge is -2.02. The van der Waals surface area contributed by atoms with E-state index in [1.54, 1.807) is 18.5 Å². The number of halogens is 1. The summed E-state index contributed by atoms with van der Waals surface area (Å²) in [5.41, 5.74) is 2.93. The maximum Gasteiger partial charge on any atom is 0.152 e. The van der Waals surface area contributed by atoms with Crippen LogP contribution in [0.5, 0.6) is 0 Å². The van der Waals surface area contributed by atoms with Crippen LogP contribution < -0.4 is 0 Å². The Kier molecular flexibility index (Phi) is 2.46. The quantitative estimate of drug-likeness (QED) is 0.656. The van der Waals surface area contributed by atoms with Crippen LogP contribution in [0.25, 0.3) is 22.0 Å². The highest BCUT2D eigenvalue weighted by Gasteiger charge is 2.02. The first-order chi connectivity index (χ1) is 8.33. The molecule has 0 spiro atoms. The fraction of sp³-hybridized carbons (Fsp3) is 0. The van der Waals surface area contributed by atoms with Gasteiger partial charge in [-0.2, -0.15) is 5.10 Å². The fourth-order valence-corrected chi connectivity index (χ4v) is 1.91. The normalized spacial score (nSPS) is 10.6. The maximum absolute atomic E-state index is 5.82. The van der Waals surface area contributed by atoms with E-state index in [4.69, 9.17) is 11.6 Å². The predicted octanol–water partition coefficient (Wildman–Crippen LogP) is 3.35. The molecular weight excluding hydrogens is 234 g/mol. The molecule has 0 N–H and O–H groups in total. The number of hydrogen-bond donors (Lipinski definition) is 0. The first-order valence-corrected chi connectivity index (χ1v) is 5.54. The fourth-order valence-electron chi connectivity index (χ4n) is 1.74. The third kappa shape index (κ3) is 1.97. The van der Waals surface area contributed by atoms with E-state index in [2.05, 4.69) is 15.2 Å². The van der Waals surface area contributed by atoms with E-state index in [0.717, 1.165) is 22.0 Å². The number of pyridine rings is 1. The van der Waals surface area contributed by atoms with Crippen LogP contribution in [0.15, 0.2) is 48.8 Å². The molecule has 0 bridgehead atoms. The van der Waals surface area contributed by atoms with E-state index < -0.39 is 0 Å². The molecule has 3 nitrogen and oxygen atoms in total. The van der Waals surface area contributed by atoms with E-state index >= 15 is 0 Å². The van der Waals surface area contributed by atoms with Gasteiger partial charge < -0.3 is 0 Å². The van der Waals surface area contributed by atoms with Gasteiger partial charge in [-0.25, -0.2) is 0 Å². The Morgan fingerprint density at radius 3 is 2.82 bits per heavy atom. The Bertz CT molecular complexity index is 682. The highest BCUT2D eigenvalue weighted by molar-refractivity contribution is 6.29. The largest absolute Gasteiger partial charge is 0.256 e. The zero-order chi connectivity index (χ0) is 11.7. The van der Waals surface area contributed by atoms with Crippen molar-refractivity contribution in [3.8, 4) is 11.1 Å². The van der Waals surface area contributed by atoms with Gasteiger partial charge in [0.1, 0.15) is 0 Å². The molecule has 4 heteroatoms. The summed E-state index contributed by atoms with van der Waals surface area (Å²) in [5, 5.41) is 9.07. The topological polar surface area (TPSA) is 38.7 Å². The van der Waals surface area contributed by atoms with Crippen molar-refractivity contribution in [3.63, 3.8) is 0 Å². The molecule has 0 unspecified atom stereocenters. The van der Waals surface area contributed by atoms with Crippen molar-refractivity contribution in [2.75, 3.05) is 0 Å². The standard InChI is InChI=1S/C13H8ClN3/c14-13-7-11(8-16-17-13)10-4-3-9-2-1-5-15-12(9)6-10/h1-8H. The van der Waals surface area contributed by atoms with Crippen molar-refractivity contribution >= 4 is 22.5 Å². The van der Waals surface area contributed by atoms with Crippen LogP contribution in [0.2, 0.25) is 5.15 Å². The predicted molar refractivity (Wildman–Crippen MR) is 67.8 cm³/mol. The third-order valence-electron chi connectivity index (χ3n) is 2.56. The molecule has 82 valence electrons. The van der Waals surface area contributed by atoms with Crippen molar-refractivity contribution in [1.29, 1.82) is 0 Å². The van der Waals surface area contributed by atoms with Gasteiger partial charge in [-0.3, -0.25) is 4.98 Å². The smallest absolute Gasteiger partial charge is 0.152 e. The molecule has 0 aliphatic rings. The summed E-state index contributed by atoms with van der Waals surface area (Å²) in [4.78, 5) is 4.32. The molecule has 0 fully saturated rings. The second-order valence-corrected chi connectivity index (χ2v) is 4.07. The second kappa shape index (κ2) is 4.11. The Hall–Kier alpha value is -2.00. The summed E-state index contributed by atoms with van der Waals surface area (Å²) in [5.74, 6) is 0. The van der Waals surface area contributed by atoms with Gasteiger partial charge in [-0.15, -0.1) is 5.10 Å². The van der Waals surface area contributed by atoms with Gasteiger partial charge in [-0.1, -0.05) is 29.8 Å².